The number of furan rings is 1. The number of fused-ring (bicyclic) bond motifs is 4. The fourth-order valence-corrected chi connectivity index (χ4v) is 5.87. The quantitative estimate of drug-likeness (QED) is 0.525. The summed E-state index contributed by atoms with van der Waals surface area (Å²) in [5, 5.41) is -0.347. The Morgan fingerprint density at radius 2 is 1.77 bits per heavy atom. The third kappa shape index (κ3) is 3.41. The number of hydrogen-bond donors (Lipinski definition) is 1. The molecule has 1 spiro atoms. The van der Waals surface area contributed by atoms with Crippen LogP contribution in [0.3, 0.4) is 0 Å². The van der Waals surface area contributed by atoms with Crippen molar-refractivity contribution in [3.05, 3.63) is 57.1 Å². The topological polar surface area (TPSA) is 84.8 Å². The standard InChI is InChI=1S/C25H23F3N2O5/c1-13-14-8-18-19(34-7-6-33-18)10-16(14)24(4-2-3-5-24)12-30(13)23(32)20-9-15-17(25(26,27)28)11-21(31)29-22(15)35-20/h8-11,13H,2-7,12H2,1H3,(H,29,31). The van der Waals surface area contributed by atoms with Crippen molar-refractivity contribution < 1.29 is 31.9 Å². The number of nitrogens with zero attached hydrogens (tertiary/aromatic N) is 1. The zero-order chi connectivity index (χ0) is 24.5. The first-order valence-electron chi connectivity index (χ1n) is 11.7. The number of ether oxygens (including phenoxy) is 2. The van der Waals surface area contributed by atoms with Crippen LogP contribution < -0.4 is 15.0 Å². The molecule has 3 aliphatic rings. The second-order valence-corrected chi connectivity index (χ2v) is 9.58. The Balaban J connectivity index is 1.44. The molecule has 184 valence electrons. The number of alkyl halides is 3. The molecule has 4 heterocycles. The molecule has 1 unspecified atom stereocenters. The maximum atomic E-state index is 13.7. The van der Waals surface area contributed by atoms with Crippen LogP contribution in [-0.4, -0.2) is 35.5 Å². The molecule has 0 saturated heterocycles. The van der Waals surface area contributed by atoms with Gasteiger partial charge in [-0.05, 0) is 49.1 Å². The Morgan fingerprint density at radius 1 is 1.09 bits per heavy atom. The summed E-state index contributed by atoms with van der Waals surface area (Å²) < 4.78 is 57.6. The second kappa shape index (κ2) is 7.53. The second-order valence-electron chi connectivity index (χ2n) is 9.58. The molecule has 0 bridgehead atoms. The van der Waals surface area contributed by atoms with Gasteiger partial charge in [-0.3, -0.25) is 14.6 Å². The third-order valence-corrected chi connectivity index (χ3v) is 7.55. The van der Waals surface area contributed by atoms with Crippen LogP contribution in [0.25, 0.3) is 11.1 Å². The van der Waals surface area contributed by atoms with Crippen LogP contribution in [0.4, 0.5) is 13.2 Å². The maximum absolute atomic E-state index is 13.7. The van der Waals surface area contributed by atoms with Crippen molar-refractivity contribution >= 4 is 17.0 Å². The number of aromatic nitrogens is 1. The first-order valence-corrected chi connectivity index (χ1v) is 11.7. The molecule has 2 aliphatic heterocycles. The van der Waals surface area contributed by atoms with Crippen molar-refractivity contribution in [2.75, 3.05) is 19.8 Å². The van der Waals surface area contributed by atoms with Crippen LogP contribution in [0, 0.1) is 0 Å². The van der Waals surface area contributed by atoms with Gasteiger partial charge < -0.3 is 18.8 Å². The Labute approximate surface area is 197 Å². The fourth-order valence-electron chi connectivity index (χ4n) is 5.87. The van der Waals surface area contributed by atoms with Gasteiger partial charge in [0.1, 0.15) is 13.2 Å². The minimum absolute atomic E-state index is 0.242. The average Bonchev–Trinajstić information content (AvgIpc) is 3.46. The molecule has 1 amide bonds. The lowest BCUT2D eigenvalue weighted by Gasteiger charge is -2.46. The Morgan fingerprint density at radius 3 is 2.46 bits per heavy atom. The molecule has 1 fully saturated rings. The number of H-pyrrole nitrogens is 1. The molecular formula is C25H23F3N2O5. The lowest BCUT2D eigenvalue weighted by atomic mass is 9.71. The van der Waals surface area contributed by atoms with E-state index in [1.807, 2.05) is 19.1 Å². The van der Waals surface area contributed by atoms with E-state index in [4.69, 9.17) is 13.9 Å². The van der Waals surface area contributed by atoms with Gasteiger partial charge in [-0.2, -0.15) is 13.2 Å². The number of rotatable bonds is 1. The highest BCUT2D eigenvalue weighted by atomic mass is 19.4. The van der Waals surface area contributed by atoms with E-state index in [9.17, 15) is 22.8 Å². The van der Waals surface area contributed by atoms with Crippen LogP contribution in [0.15, 0.2) is 33.5 Å². The van der Waals surface area contributed by atoms with E-state index in [1.165, 1.54) is 0 Å². The van der Waals surface area contributed by atoms with Crippen molar-refractivity contribution in [3.63, 3.8) is 0 Å². The number of aromatic amines is 1. The number of pyridine rings is 1. The molecule has 35 heavy (non-hydrogen) atoms. The summed E-state index contributed by atoms with van der Waals surface area (Å²) in [7, 11) is 0. The van der Waals surface area contributed by atoms with Crippen LogP contribution in [0.2, 0.25) is 0 Å². The molecule has 1 saturated carbocycles. The van der Waals surface area contributed by atoms with E-state index in [2.05, 4.69) is 4.98 Å². The number of carbonyl (C=O) groups is 1. The number of nitrogens with one attached hydrogen (secondary N) is 1. The van der Waals surface area contributed by atoms with Crippen molar-refractivity contribution in [3.8, 4) is 11.5 Å². The fraction of sp³-hybridized carbons (Fsp3) is 0.440. The predicted octanol–water partition coefficient (Wildman–Crippen LogP) is 4.94. The molecule has 1 N–H and O–H groups in total. The summed E-state index contributed by atoms with van der Waals surface area (Å²) in [6.45, 7) is 3.22. The van der Waals surface area contributed by atoms with Crippen molar-refractivity contribution in [2.24, 2.45) is 0 Å². The molecule has 10 heteroatoms. The highest BCUT2D eigenvalue weighted by Crippen LogP contribution is 2.52. The van der Waals surface area contributed by atoms with E-state index in [0.29, 0.717) is 37.3 Å². The molecule has 1 aliphatic carbocycles. The van der Waals surface area contributed by atoms with E-state index < -0.39 is 23.2 Å². The van der Waals surface area contributed by atoms with Gasteiger partial charge in [0.25, 0.3) is 11.5 Å². The van der Waals surface area contributed by atoms with Gasteiger partial charge in [0.05, 0.1) is 17.0 Å². The van der Waals surface area contributed by atoms with Gasteiger partial charge in [0.15, 0.2) is 17.3 Å². The van der Waals surface area contributed by atoms with Gasteiger partial charge >= 0.3 is 6.18 Å². The SMILES string of the molecule is CC1c2cc3c(cc2C2(CCCC2)CN1C(=O)c1cc2c(C(F)(F)F)cc(=O)[nH]c2o1)OCCO3. The van der Waals surface area contributed by atoms with Gasteiger partial charge in [-0.15, -0.1) is 0 Å². The number of carbonyl (C=O) groups excluding carboxylic acids is 1. The first-order chi connectivity index (χ1) is 16.7. The minimum atomic E-state index is -4.76. The third-order valence-electron chi connectivity index (χ3n) is 7.55. The number of benzene rings is 1. The zero-order valence-electron chi connectivity index (χ0n) is 19.0. The summed E-state index contributed by atoms with van der Waals surface area (Å²) >= 11 is 0. The van der Waals surface area contributed by atoms with Gasteiger partial charge in [-0.1, -0.05) is 12.8 Å². The first kappa shape index (κ1) is 22.1. The summed E-state index contributed by atoms with van der Waals surface area (Å²) in [6, 6.07) is 5.14. The smallest absolute Gasteiger partial charge is 0.417 e. The Kier molecular flexibility index (Phi) is 4.75. The lowest BCUT2D eigenvalue weighted by molar-refractivity contribution is -0.136. The van der Waals surface area contributed by atoms with Gasteiger partial charge in [-0.25, -0.2) is 0 Å². The summed E-state index contributed by atoms with van der Waals surface area (Å²) in [6.07, 6.45) is -0.941. The van der Waals surface area contributed by atoms with Crippen molar-refractivity contribution in [2.45, 2.75) is 50.2 Å². The summed E-state index contributed by atoms with van der Waals surface area (Å²) in [5.74, 6) is 0.567. The molecule has 6 rings (SSSR count). The van der Waals surface area contributed by atoms with Gasteiger partial charge in [0.2, 0.25) is 5.71 Å². The monoisotopic (exact) mass is 488 g/mol. The maximum Gasteiger partial charge on any atom is 0.417 e. The van der Waals surface area contributed by atoms with Crippen LogP contribution in [-0.2, 0) is 11.6 Å². The molecule has 1 atom stereocenters. The normalized spacial score (nSPS) is 20.9. The molecule has 0 radical (unpaired) electrons. The number of hydrogen-bond acceptors (Lipinski definition) is 5. The molecule has 3 aromatic rings. The van der Waals surface area contributed by atoms with Crippen molar-refractivity contribution in [1.82, 2.24) is 9.88 Å². The Hall–Kier alpha value is -3.43. The molecular weight excluding hydrogens is 465 g/mol. The Bertz CT molecular complexity index is 1400. The predicted molar refractivity (Wildman–Crippen MR) is 119 cm³/mol. The number of amides is 1. The summed E-state index contributed by atoms with van der Waals surface area (Å²) in [5.41, 5.74) is -0.638. The highest BCUT2D eigenvalue weighted by Gasteiger charge is 2.47. The summed E-state index contributed by atoms with van der Waals surface area (Å²) in [4.78, 5) is 29.4. The van der Waals surface area contributed by atoms with Crippen molar-refractivity contribution in [1.29, 1.82) is 0 Å². The molecule has 1 aromatic carbocycles. The minimum Gasteiger partial charge on any atom is -0.486 e. The zero-order valence-corrected chi connectivity index (χ0v) is 19.0. The highest BCUT2D eigenvalue weighted by molar-refractivity contribution is 5.96. The van der Waals surface area contributed by atoms with E-state index in [1.54, 1.807) is 4.90 Å². The largest absolute Gasteiger partial charge is 0.486 e. The number of halogens is 3. The van der Waals surface area contributed by atoms with Crippen LogP contribution in [0.1, 0.15) is 65.9 Å². The lowest BCUT2D eigenvalue weighted by Crippen LogP contribution is -2.48. The average molecular weight is 488 g/mol. The van der Waals surface area contributed by atoms with E-state index in [0.717, 1.165) is 42.9 Å². The van der Waals surface area contributed by atoms with E-state index >= 15 is 0 Å². The van der Waals surface area contributed by atoms with Crippen LogP contribution in [0.5, 0.6) is 11.5 Å². The van der Waals surface area contributed by atoms with E-state index in [-0.39, 0.29) is 28.3 Å². The van der Waals surface area contributed by atoms with Crippen LogP contribution >= 0.6 is 0 Å². The molecule has 7 nitrogen and oxygen atoms in total. The van der Waals surface area contributed by atoms with Gasteiger partial charge in [0, 0.05) is 18.0 Å². The molecule has 2 aromatic heterocycles.